The number of guanidine groups is 1. The first kappa shape index (κ1) is 17.2. The van der Waals surface area contributed by atoms with Crippen LogP contribution in [0.4, 0.5) is 0 Å². The fraction of sp³-hybridized carbons (Fsp3) is 0.444. The maximum atomic E-state index is 5.43. The molecule has 2 N–H and O–H groups in total. The van der Waals surface area contributed by atoms with Gasteiger partial charge in [0.1, 0.15) is 0 Å². The molecule has 0 bridgehead atoms. The molecule has 124 valence electrons. The Kier molecular flexibility index (Phi) is 5.93. The number of pyridine rings is 1. The van der Waals surface area contributed by atoms with E-state index in [4.69, 9.17) is 4.74 Å². The van der Waals surface area contributed by atoms with Crippen molar-refractivity contribution >= 4 is 16.7 Å². The van der Waals surface area contributed by atoms with Crippen LogP contribution in [0.1, 0.15) is 26.5 Å². The number of rotatable bonds is 6. The molecule has 0 atom stereocenters. The number of methoxy groups -OCH3 is 1. The van der Waals surface area contributed by atoms with Gasteiger partial charge in [-0.1, -0.05) is 24.3 Å². The van der Waals surface area contributed by atoms with Gasteiger partial charge >= 0.3 is 0 Å². The topological polar surface area (TPSA) is 58.5 Å². The van der Waals surface area contributed by atoms with Crippen molar-refractivity contribution in [2.24, 2.45) is 4.99 Å². The Hall–Kier alpha value is -2.14. The number of hydrogen-bond donors (Lipinski definition) is 2. The molecule has 5 nitrogen and oxygen atoms in total. The summed E-state index contributed by atoms with van der Waals surface area (Å²) in [4.78, 5) is 9.12. The lowest BCUT2D eigenvalue weighted by molar-refractivity contribution is 0.0268. The summed E-state index contributed by atoms with van der Waals surface area (Å²) >= 11 is 0. The van der Waals surface area contributed by atoms with E-state index in [0.717, 1.165) is 23.6 Å². The third-order valence-corrected chi connectivity index (χ3v) is 3.72. The zero-order valence-corrected chi connectivity index (χ0v) is 14.4. The van der Waals surface area contributed by atoms with E-state index in [2.05, 4.69) is 39.7 Å². The van der Waals surface area contributed by atoms with Gasteiger partial charge in [0.15, 0.2) is 5.96 Å². The number of aliphatic imine (C=N–C) groups is 1. The van der Waals surface area contributed by atoms with Crippen molar-refractivity contribution in [3.63, 3.8) is 0 Å². The van der Waals surface area contributed by atoms with E-state index in [1.54, 1.807) is 7.11 Å². The van der Waals surface area contributed by atoms with Crippen LogP contribution in [0, 0.1) is 0 Å². The third-order valence-electron chi connectivity index (χ3n) is 3.72. The lowest BCUT2D eigenvalue weighted by Gasteiger charge is -2.24. The molecule has 0 spiro atoms. The quantitative estimate of drug-likeness (QED) is 0.636. The van der Waals surface area contributed by atoms with Crippen molar-refractivity contribution in [2.75, 3.05) is 20.2 Å². The Bertz CT molecular complexity index is 662. The maximum absolute atomic E-state index is 5.43. The van der Waals surface area contributed by atoms with E-state index < -0.39 is 0 Å². The summed E-state index contributed by atoms with van der Waals surface area (Å²) < 4.78 is 5.43. The standard InChI is InChI=1S/C18H26N4O/c1-5-19-17(22-13-18(2,3)23-4)21-12-16-15-9-7-6-8-14(15)10-11-20-16/h6-11H,5,12-13H2,1-4H3,(H2,19,21,22). The predicted octanol–water partition coefficient (Wildman–Crippen LogP) is 2.71. The van der Waals surface area contributed by atoms with Gasteiger partial charge in [-0.15, -0.1) is 0 Å². The third kappa shape index (κ3) is 4.93. The Morgan fingerprint density at radius 3 is 2.74 bits per heavy atom. The Labute approximate surface area is 138 Å². The van der Waals surface area contributed by atoms with Crippen molar-refractivity contribution in [1.82, 2.24) is 15.6 Å². The molecule has 0 aliphatic rings. The van der Waals surface area contributed by atoms with Gasteiger partial charge in [0.25, 0.3) is 0 Å². The van der Waals surface area contributed by atoms with Crippen LogP contribution in [0.25, 0.3) is 10.8 Å². The van der Waals surface area contributed by atoms with E-state index in [1.807, 2.05) is 38.2 Å². The highest BCUT2D eigenvalue weighted by Crippen LogP contribution is 2.16. The first-order chi connectivity index (χ1) is 11.1. The molecular weight excluding hydrogens is 288 g/mol. The van der Waals surface area contributed by atoms with Crippen molar-refractivity contribution in [2.45, 2.75) is 32.9 Å². The number of ether oxygens (including phenoxy) is 1. The first-order valence-corrected chi connectivity index (χ1v) is 7.95. The van der Waals surface area contributed by atoms with Gasteiger partial charge in [-0.25, -0.2) is 4.99 Å². The summed E-state index contributed by atoms with van der Waals surface area (Å²) in [7, 11) is 1.71. The summed E-state index contributed by atoms with van der Waals surface area (Å²) in [5, 5.41) is 8.90. The number of fused-ring (bicyclic) bond motifs is 1. The van der Waals surface area contributed by atoms with Crippen LogP contribution < -0.4 is 10.6 Å². The number of aromatic nitrogens is 1. The van der Waals surface area contributed by atoms with Gasteiger partial charge in [0.2, 0.25) is 0 Å². The average molecular weight is 314 g/mol. The van der Waals surface area contributed by atoms with Gasteiger partial charge in [-0.2, -0.15) is 0 Å². The van der Waals surface area contributed by atoms with Crippen LogP contribution in [0.15, 0.2) is 41.5 Å². The van der Waals surface area contributed by atoms with Crippen LogP contribution in [0.2, 0.25) is 0 Å². The second-order valence-electron chi connectivity index (χ2n) is 5.99. The Morgan fingerprint density at radius 1 is 1.22 bits per heavy atom. The zero-order valence-electron chi connectivity index (χ0n) is 14.4. The minimum Gasteiger partial charge on any atom is -0.377 e. The molecule has 2 rings (SSSR count). The average Bonchev–Trinajstić information content (AvgIpc) is 2.57. The molecule has 0 amide bonds. The highest BCUT2D eigenvalue weighted by molar-refractivity contribution is 5.85. The second kappa shape index (κ2) is 7.92. The van der Waals surface area contributed by atoms with Gasteiger partial charge < -0.3 is 15.4 Å². The summed E-state index contributed by atoms with van der Waals surface area (Å²) in [5.41, 5.74) is 0.736. The smallest absolute Gasteiger partial charge is 0.191 e. The molecule has 1 aromatic carbocycles. The maximum Gasteiger partial charge on any atom is 0.191 e. The van der Waals surface area contributed by atoms with Crippen LogP contribution in [-0.2, 0) is 11.3 Å². The molecule has 0 fully saturated rings. The van der Waals surface area contributed by atoms with E-state index in [9.17, 15) is 0 Å². The second-order valence-corrected chi connectivity index (χ2v) is 5.99. The minimum atomic E-state index is -0.242. The Balaban J connectivity index is 2.13. The molecule has 0 saturated carbocycles. The van der Waals surface area contributed by atoms with Gasteiger partial charge in [-0.05, 0) is 32.2 Å². The summed E-state index contributed by atoms with van der Waals surface area (Å²) in [5.74, 6) is 0.771. The Morgan fingerprint density at radius 2 is 2.00 bits per heavy atom. The lowest BCUT2D eigenvalue weighted by atomic mass is 10.1. The molecule has 2 aromatic rings. The lowest BCUT2D eigenvalue weighted by Crippen LogP contribution is -2.45. The molecule has 0 saturated heterocycles. The molecule has 23 heavy (non-hydrogen) atoms. The molecule has 0 unspecified atom stereocenters. The monoisotopic (exact) mass is 314 g/mol. The van der Waals surface area contributed by atoms with Crippen LogP contribution in [-0.4, -0.2) is 36.7 Å². The van der Waals surface area contributed by atoms with E-state index in [0.29, 0.717) is 13.1 Å². The van der Waals surface area contributed by atoms with Crippen molar-refractivity contribution in [3.8, 4) is 0 Å². The van der Waals surface area contributed by atoms with Crippen molar-refractivity contribution in [3.05, 3.63) is 42.2 Å². The SMILES string of the molecule is CCNC(=NCc1nccc2ccccc12)NCC(C)(C)OC. The summed E-state index contributed by atoms with van der Waals surface area (Å²) in [6, 6.07) is 10.3. The van der Waals surface area contributed by atoms with Gasteiger partial charge in [0.05, 0.1) is 17.8 Å². The van der Waals surface area contributed by atoms with Crippen LogP contribution >= 0.6 is 0 Å². The molecule has 1 heterocycles. The van der Waals surface area contributed by atoms with Gasteiger partial charge in [0, 0.05) is 31.8 Å². The molecule has 1 aromatic heterocycles. The normalized spacial score (nSPS) is 12.4. The molecule has 5 heteroatoms. The fourth-order valence-corrected chi connectivity index (χ4v) is 2.17. The van der Waals surface area contributed by atoms with E-state index in [-0.39, 0.29) is 5.60 Å². The minimum absolute atomic E-state index is 0.242. The summed E-state index contributed by atoms with van der Waals surface area (Å²) in [6.07, 6.45) is 1.83. The molecule has 0 radical (unpaired) electrons. The van der Waals surface area contributed by atoms with Crippen molar-refractivity contribution in [1.29, 1.82) is 0 Å². The van der Waals surface area contributed by atoms with Crippen LogP contribution in [0.5, 0.6) is 0 Å². The number of benzene rings is 1. The van der Waals surface area contributed by atoms with Crippen LogP contribution in [0.3, 0.4) is 0 Å². The molecule has 0 aliphatic heterocycles. The number of nitrogens with zero attached hydrogens (tertiary/aromatic N) is 2. The summed E-state index contributed by atoms with van der Waals surface area (Å²) in [6.45, 7) is 8.14. The molecule has 0 aliphatic carbocycles. The number of nitrogens with one attached hydrogen (secondary N) is 2. The first-order valence-electron chi connectivity index (χ1n) is 7.95. The van der Waals surface area contributed by atoms with Gasteiger partial charge in [-0.3, -0.25) is 4.98 Å². The van der Waals surface area contributed by atoms with E-state index >= 15 is 0 Å². The fourth-order valence-electron chi connectivity index (χ4n) is 2.17. The number of hydrogen-bond acceptors (Lipinski definition) is 3. The highest BCUT2D eigenvalue weighted by Gasteiger charge is 2.16. The largest absolute Gasteiger partial charge is 0.377 e. The molecular formula is C18H26N4O. The van der Waals surface area contributed by atoms with E-state index in [1.165, 1.54) is 5.39 Å². The van der Waals surface area contributed by atoms with Crippen molar-refractivity contribution < 1.29 is 4.74 Å². The highest BCUT2D eigenvalue weighted by atomic mass is 16.5. The zero-order chi connectivity index (χ0) is 16.7. The predicted molar refractivity (Wildman–Crippen MR) is 95.6 cm³/mol.